The number of aromatic nitrogens is 3. The predicted octanol–water partition coefficient (Wildman–Crippen LogP) is 5.93. The van der Waals surface area contributed by atoms with Gasteiger partial charge in [0.15, 0.2) is 5.78 Å². The highest BCUT2D eigenvalue weighted by Gasteiger charge is 2.24. The Morgan fingerprint density at radius 2 is 1.79 bits per heavy atom. The Labute approximate surface area is 199 Å². The standard InChI is InChI=1S/C29H28N4O/c1-19-8-10-21(11-9-19)14-15-30-28(22-6-4-3-5-7-22)29(34)25-17-32-26-16-23(12-13-24(25)26)27-18-31-20(2)33-27/h3-13,16-18,28,30,32H,14-15H2,1-2H3,(H,31,33)/t28-/m0/s1. The number of ketones is 1. The molecular formula is C29H28N4O. The van der Waals surface area contributed by atoms with Crippen molar-refractivity contribution < 1.29 is 4.79 Å². The minimum Gasteiger partial charge on any atom is -0.360 e. The van der Waals surface area contributed by atoms with Crippen LogP contribution < -0.4 is 5.32 Å². The number of nitrogens with one attached hydrogen (secondary N) is 3. The Hall–Kier alpha value is -3.96. The van der Waals surface area contributed by atoms with Crippen LogP contribution in [0.25, 0.3) is 22.2 Å². The fourth-order valence-electron chi connectivity index (χ4n) is 4.34. The van der Waals surface area contributed by atoms with E-state index in [9.17, 15) is 4.79 Å². The Morgan fingerprint density at radius 1 is 1.00 bits per heavy atom. The summed E-state index contributed by atoms with van der Waals surface area (Å²) in [5.41, 5.74) is 7.09. The number of Topliss-reactive ketones (excluding diaryl/α,β-unsaturated/α-hetero) is 1. The van der Waals surface area contributed by atoms with Crippen LogP contribution in [0.1, 0.15) is 38.9 Å². The smallest absolute Gasteiger partial charge is 0.186 e. The van der Waals surface area contributed by atoms with Crippen LogP contribution in [0.15, 0.2) is 85.2 Å². The third kappa shape index (κ3) is 4.56. The molecule has 0 bridgehead atoms. The van der Waals surface area contributed by atoms with Gasteiger partial charge in [-0.3, -0.25) is 4.79 Å². The number of carbonyl (C=O) groups excluding carboxylic acids is 1. The van der Waals surface area contributed by atoms with Gasteiger partial charge in [0.05, 0.1) is 17.9 Å². The molecule has 0 spiro atoms. The molecule has 0 amide bonds. The zero-order chi connectivity index (χ0) is 23.5. The number of imidazole rings is 1. The normalized spacial score (nSPS) is 12.2. The summed E-state index contributed by atoms with van der Waals surface area (Å²) in [6.07, 6.45) is 4.51. The van der Waals surface area contributed by atoms with E-state index in [2.05, 4.69) is 57.5 Å². The molecule has 0 saturated carbocycles. The van der Waals surface area contributed by atoms with Crippen LogP contribution >= 0.6 is 0 Å². The highest BCUT2D eigenvalue weighted by molar-refractivity contribution is 6.11. The number of carbonyl (C=O) groups is 1. The minimum atomic E-state index is -0.416. The molecule has 0 unspecified atom stereocenters. The summed E-state index contributed by atoms with van der Waals surface area (Å²) in [6.45, 7) is 4.73. The van der Waals surface area contributed by atoms with Gasteiger partial charge in [-0.2, -0.15) is 0 Å². The summed E-state index contributed by atoms with van der Waals surface area (Å²) in [4.78, 5) is 24.6. The number of hydrogen-bond donors (Lipinski definition) is 3. The summed E-state index contributed by atoms with van der Waals surface area (Å²) in [5.74, 6) is 0.936. The van der Waals surface area contributed by atoms with E-state index in [0.29, 0.717) is 12.1 Å². The predicted molar refractivity (Wildman–Crippen MR) is 137 cm³/mol. The molecule has 5 rings (SSSR count). The number of benzene rings is 3. The second-order valence-electron chi connectivity index (χ2n) is 8.74. The van der Waals surface area contributed by atoms with E-state index in [1.165, 1.54) is 11.1 Å². The van der Waals surface area contributed by atoms with Crippen molar-refractivity contribution in [2.75, 3.05) is 6.54 Å². The molecule has 2 aromatic heterocycles. The summed E-state index contributed by atoms with van der Waals surface area (Å²) in [6, 6.07) is 24.2. The molecule has 34 heavy (non-hydrogen) atoms. The van der Waals surface area contributed by atoms with Gasteiger partial charge in [0.1, 0.15) is 5.82 Å². The quantitative estimate of drug-likeness (QED) is 0.258. The van der Waals surface area contributed by atoms with Gasteiger partial charge in [-0.1, -0.05) is 72.3 Å². The lowest BCUT2D eigenvalue weighted by Gasteiger charge is -2.18. The number of H-pyrrole nitrogens is 2. The van der Waals surface area contributed by atoms with Crippen LogP contribution in [0.5, 0.6) is 0 Å². The number of aromatic amines is 2. The van der Waals surface area contributed by atoms with Gasteiger partial charge in [-0.15, -0.1) is 0 Å². The van der Waals surface area contributed by atoms with Crippen LogP contribution in [-0.4, -0.2) is 27.3 Å². The molecule has 5 nitrogen and oxygen atoms in total. The van der Waals surface area contributed by atoms with Gasteiger partial charge in [0, 0.05) is 34.8 Å². The first-order valence-electron chi connectivity index (χ1n) is 11.6. The third-order valence-corrected chi connectivity index (χ3v) is 6.24. The highest BCUT2D eigenvalue weighted by atomic mass is 16.1. The minimum absolute atomic E-state index is 0.0616. The maximum atomic E-state index is 13.8. The molecule has 2 heterocycles. The molecule has 1 atom stereocenters. The molecule has 0 aliphatic heterocycles. The van der Waals surface area contributed by atoms with Crippen molar-refractivity contribution in [3.05, 3.63) is 113 Å². The van der Waals surface area contributed by atoms with Gasteiger partial charge < -0.3 is 15.3 Å². The summed E-state index contributed by atoms with van der Waals surface area (Å²) >= 11 is 0. The fourth-order valence-corrected chi connectivity index (χ4v) is 4.34. The molecule has 5 heteroatoms. The molecule has 0 fully saturated rings. The lowest BCUT2D eigenvalue weighted by molar-refractivity contribution is 0.0945. The summed E-state index contributed by atoms with van der Waals surface area (Å²) < 4.78 is 0. The molecular weight excluding hydrogens is 420 g/mol. The lowest BCUT2D eigenvalue weighted by Crippen LogP contribution is -2.30. The van der Waals surface area contributed by atoms with Crippen molar-refractivity contribution in [2.45, 2.75) is 26.3 Å². The number of rotatable bonds is 8. The Morgan fingerprint density at radius 3 is 2.53 bits per heavy atom. The molecule has 170 valence electrons. The maximum Gasteiger partial charge on any atom is 0.186 e. The van der Waals surface area contributed by atoms with E-state index < -0.39 is 6.04 Å². The van der Waals surface area contributed by atoms with Crippen molar-refractivity contribution in [1.29, 1.82) is 0 Å². The first-order chi connectivity index (χ1) is 16.6. The zero-order valence-electron chi connectivity index (χ0n) is 19.4. The zero-order valence-corrected chi connectivity index (χ0v) is 19.4. The second-order valence-corrected chi connectivity index (χ2v) is 8.74. The topological polar surface area (TPSA) is 73.6 Å². The van der Waals surface area contributed by atoms with E-state index in [-0.39, 0.29) is 5.78 Å². The van der Waals surface area contributed by atoms with Crippen molar-refractivity contribution in [3.63, 3.8) is 0 Å². The summed E-state index contributed by atoms with van der Waals surface area (Å²) in [5, 5.41) is 4.44. The van der Waals surface area contributed by atoms with Crippen LogP contribution in [0.3, 0.4) is 0 Å². The monoisotopic (exact) mass is 448 g/mol. The number of aryl methyl sites for hydroxylation is 2. The number of hydrogen-bond acceptors (Lipinski definition) is 3. The van der Waals surface area contributed by atoms with E-state index in [4.69, 9.17) is 0 Å². The van der Waals surface area contributed by atoms with Crippen LogP contribution in [0.4, 0.5) is 0 Å². The average molecular weight is 449 g/mol. The first kappa shape index (κ1) is 21.9. The van der Waals surface area contributed by atoms with Gasteiger partial charge in [0.2, 0.25) is 0 Å². The largest absolute Gasteiger partial charge is 0.360 e. The lowest BCUT2D eigenvalue weighted by atomic mass is 9.96. The Kier molecular flexibility index (Phi) is 6.11. The van der Waals surface area contributed by atoms with Gasteiger partial charge in [0.25, 0.3) is 0 Å². The van der Waals surface area contributed by atoms with Crippen molar-refractivity contribution in [1.82, 2.24) is 20.3 Å². The van der Waals surface area contributed by atoms with Crippen LogP contribution in [0, 0.1) is 13.8 Å². The van der Waals surface area contributed by atoms with E-state index in [1.54, 1.807) is 0 Å². The molecule has 0 saturated heterocycles. The number of fused-ring (bicyclic) bond motifs is 1. The average Bonchev–Trinajstić information content (AvgIpc) is 3.49. The van der Waals surface area contributed by atoms with E-state index in [0.717, 1.165) is 40.0 Å². The van der Waals surface area contributed by atoms with Crippen molar-refractivity contribution in [2.24, 2.45) is 0 Å². The fraction of sp³-hybridized carbons (Fsp3) is 0.172. The van der Waals surface area contributed by atoms with Gasteiger partial charge in [-0.05, 0) is 37.5 Å². The maximum absolute atomic E-state index is 13.8. The summed E-state index contributed by atoms with van der Waals surface area (Å²) in [7, 11) is 0. The molecule has 0 aliphatic rings. The molecule has 5 aromatic rings. The molecule has 3 aromatic carbocycles. The Bertz CT molecular complexity index is 1410. The van der Waals surface area contributed by atoms with Crippen LogP contribution in [-0.2, 0) is 6.42 Å². The molecule has 0 aliphatic carbocycles. The molecule has 0 radical (unpaired) electrons. The second kappa shape index (κ2) is 9.49. The third-order valence-electron chi connectivity index (χ3n) is 6.24. The van der Waals surface area contributed by atoms with Crippen LogP contribution in [0.2, 0.25) is 0 Å². The Balaban J connectivity index is 1.40. The van der Waals surface area contributed by atoms with Crippen molar-refractivity contribution >= 4 is 16.7 Å². The number of nitrogens with zero attached hydrogens (tertiary/aromatic N) is 1. The van der Waals surface area contributed by atoms with Gasteiger partial charge in [-0.25, -0.2) is 4.98 Å². The van der Waals surface area contributed by atoms with Gasteiger partial charge >= 0.3 is 0 Å². The first-order valence-corrected chi connectivity index (χ1v) is 11.6. The molecule has 3 N–H and O–H groups in total. The van der Waals surface area contributed by atoms with E-state index in [1.807, 2.05) is 61.8 Å². The SMILES string of the molecule is Cc1ccc(CCN[C@H](C(=O)c2c[nH]c3cc(-c4cnc(C)[nH]4)ccc23)c2ccccc2)cc1. The highest BCUT2D eigenvalue weighted by Crippen LogP contribution is 2.28. The van der Waals surface area contributed by atoms with Crippen molar-refractivity contribution in [3.8, 4) is 11.3 Å². The van der Waals surface area contributed by atoms with E-state index >= 15 is 0 Å².